The molecule has 1 aliphatic heterocycles. The first-order valence-corrected chi connectivity index (χ1v) is 8.43. The van der Waals surface area contributed by atoms with E-state index in [2.05, 4.69) is 39.5 Å². The van der Waals surface area contributed by atoms with Crippen LogP contribution in [0.25, 0.3) is 0 Å². The Morgan fingerprint density at radius 2 is 2.00 bits per heavy atom. The zero-order valence-electron chi connectivity index (χ0n) is 14.1. The Labute approximate surface area is 147 Å². The van der Waals surface area contributed by atoms with E-state index in [4.69, 9.17) is 9.72 Å². The summed E-state index contributed by atoms with van der Waals surface area (Å²) in [6, 6.07) is 18.2. The van der Waals surface area contributed by atoms with Crippen molar-refractivity contribution >= 4 is 23.1 Å². The molecule has 0 saturated heterocycles. The average molecular weight is 332 g/mol. The van der Waals surface area contributed by atoms with Crippen molar-refractivity contribution in [2.75, 3.05) is 23.9 Å². The van der Waals surface area contributed by atoms with Crippen molar-refractivity contribution < 1.29 is 4.74 Å². The van der Waals surface area contributed by atoms with Gasteiger partial charge in [0.15, 0.2) is 0 Å². The van der Waals surface area contributed by atoms with Gasteiger partial charge in [-0.3, -0.25) is 0 Å². The summed E-state index contributed by atoms with van der Waals surface area (Å²) in [6.07, 6.45) is 4.04. The van der Waals surface area contributed by atoms with Crippen LogP contribution in [0.5, 0.6) is 5.75 Å². The molecule has 4 rings (SSSR count). The molecule has 1 aromatic heterocycles. The van der Waals surface area contributed by atoms with Crippen LogP contribution >= 0.6 is 0 Å². The molecule has 0 fully saturated rings. The standard InChI is InChI=1S/C20H20N4O/c1-25-17-9-4-8-16(14-17)22-20-21-12-11-19(23-20)24-13-5-7-15-6-2-3-10-18(15)24/h2-4,6,8-12,14H,5,7,13H2,1H3,(H,21,22,23). The van der Waals surface area contributed by atoms with Crippen molar-refractivity contribution in [3.8, 4) is 5.75 Å². The number of rotatable bonds is 4. The fraction of sp³-hybridized carbons (Fsp3) is 0.200. The van der Waals surface area contributed by atoms with E-state index in [0.717, 1.165) is 36.6 Å². The van der Waals surface area contributed by atoms with Crippen molar-refractivity contribution in [1.82, 2.24) is 9.97 Å². The third-order valence-electron chi connectivity index (χ3n) is 4.35. The number of aryl methyl sites for hydroxylation is 1. The van der Waals surface area contributed by atoms with E-state index in [-0.39, 0.29) is 0 Å². The van der Waals surface area contributed by atoms with Crippen LogP contribution in [-0.2, 0) is 6.42 Å². The molecule has 5 heteroatoms. The number of ether oxygens (including phenoxy) is 1. The zero-order valence-corrected chi connectivity index (χ0v) is 14.1. The summed E-state index contributed by atoms with van der Waals surface area (Å²) in [7, 11) is 1.66. The average Bonchev–Trinajstić information content (AvgIpc) is 2.68. The van der Waals surface area contributed by atoms with Crippen molar-refractivity contribution in [2.24, 2.45) is 0 Å². The van der Waals surface area contributed by atoms with Crippen LogP contribution in [0, 0.1) is 0 Å². The highest BCUT2D eigenvalue weighted by Gasteiger charge is 2.19. The normalized spacial score (nSPS) is 13.2. The van der Waals surface area contributed by atoms with Crippen LogP contribution in [0.2, 0.25) is 0 Å². The number of benzene rings is 2. The Balaban J connectivity index is 1.62. The number of aromatic nitrogens is 2. The van der Waals surface area contributed by atoms with E-state index in [1.165, 1.54) is 11.3 Å². The second kappa shape index (κ2) is 6.81. The van der Waals surface area contributed by atoms with Gasteiger partial charge in [0.1, 0.15) is 11.6 Å². The molecule has 0 unspecified atom stereocenters. The molecule has 0 saturated carbocycles. The number of anilines is 4. The summed E-state index contributed by atoms with van der Waals surface area (Å²) >= 11 is 0. The van der Waals surface area contributed by atoms with Crippen LogP contribution in [0.15, 0.2) is 60.8 Å². The number of hydrogen-bond acceptors (Lipinski definition) is 5. The highest BCUT2D eigenvalue weighted by molar-refractivity contribution is 5.66. The van der Waals surface area contributed by atoms with Crippen LogP contribution in [0.1, 0.15) is 12.0 Å². The highest BCUT2D eigenvalue weighted by Crippen LogP contribution is 2.32. The maximum atomic E-state index is 5.26. The van der Waals surface area contributed by atoms with Crippen molar-refractivity contribution in [3.05, 3.63) is 66.4 Å². The number of nitrogens with one attached hydrogen (secondary N) is 1. The lowest BCUT2D eigenvalue weighted by molar-refractivity contribution is 0.415. The van der Waals surface area contributed by atoms with Gasteiger partial charge in [0.25, 0.3) is 0 Å². The smallest absolute Gasteiger partial charge is 0.229 e. The lowest BCUT2D eigenvalue weighted by Crippen LogP contribution is -2.25. The second-order valence-corrected chi connectivity index (χ2v) is 5.98. The summed E-state index contributed by atoms with van der Waals surface area (Å²) in [6.45, 7) is 0.965. The molecular formula is C20H20N4O. The SMILES string of the molecule is COc1cccc(Nc2nccc(N3CCCc4ccccc43)n2)c1. The predicted octanol–water partition coefficient (Wildman–Crippen LogP) is 4.31. The lowest BCUT2D eigenvalue weighted by atomic mass is 10.0. The van der Waals surface area contributed by atoms with E-state index in [9.17, 15) is 0 Å². The monoisotopic (exact) mass is 332 g/mol. The molecule has 1 N–H and O–H groups in total. The van der Waals surface area contributed by atoms with Crippen molar-refractivity contribution in [3.63, 3.8) is 0 Å². The van der Waals surface area contributed by atoms with Gasteiger partial charge in [0.2, 0.25) is 5.95 Å². The van der Waals surface area contributed by atoms with Crippen LogP contribution in [0.3, 0.4) is 0 Å². The van der Waals surface area contributed by atoms with Gasteiger partial charge in [0.05, 0.1) is 7.11 Å². The van der Waals surface area contributed by atoms with Crippen LogP contribution < -0.4 is 15.0 Å². The first-order chi connectivity index (χ1) is 12.3. The lowest BCUT2D eigenvalue weighted by Gasteiger charge is -2.30. The van der Waals surface area contributed by atoms with E-state index >= 15 is 0 Å². The first-order valence-electron chi connectivity index (χ1n) is 8.43. The Kier molecular flexibility index (Phi) is 4.21. The Hall–Kier alpha value is -3.08. The molecule has 0 spiro atoms. The van der Waals surface area contributed by atoms with Gasteiger partial charge >= 0.3 is 0 Å². The minimum atomic E-state index is 0.578. The molecule has 0 atom stereocenters. The van der Waals surface area contributed by atoms with Gasteiger partial charge < -0.3 is 15.0 Å². The van der Waals surface area contributed by atoms with E-state index in [0.29, 0.717) is 5.95 Å². The van der Waals surface area contributed by atoms with Crippen LogP contribution in [-0.4, -0.2) is 23.6 Å². The quantitative estimate of drug-likeness (QED) is 0.771. The topological polar surface area (TPSA) is 50.3 Å². The summed E-state index contributed by atoms with van der Waals surface area (Å²) in [5.74, 6) is 2.28. The Morgan fingerprint density at radius 3 is 2.92 bits per heavy atom. The third kappa shape index (κ3) is 3.26. The largest absolute Gasteiger partial charge is 0.497 e. The van der Waals surface area contributed by atoms with E-state index in [1.807, 2.05) is 30.3 Å². The van der Waals surface area contributed by atoms with E-state index in [1.54, 1.807) is 13.3 Å². The van der Waals surface area contributed by atoms with Gasteiger partial charge in [-0.25, -0.2) is 4.98 Å². The molecule has 5 nitrogen and oxygen atoms in total. The number of para-hydroxylation sites is 1. The molecule has 2 aromatic carbocycles. The minimum Gasteiger partial charge on any atom is -0.497 e. The highest BCUT2D eigenvalue weighted by atomic mass is 16.5. The molecule has 0 bridgehead atoms. The van der Waals surface area contributed by atoms with E-state index < -0.39 is 0 Å². The molecule has 0 aliphatic carbocycles. The van der Waals surface area contributed by atoms with Crippen molar-refractivity contribution in [2.45, 2.75) is 12.8 Å². The van der Waals surface area contributed by atoms with Gasteiger partial charge in [-0.1, -0.05) is 24.3 Å². The fourth-order valence-electron chi connectivity index (χ4n) is 3.16. The maximum absolute atomic E-state index is 5.26. The molecular weight excluding hydrogens is 312 g/mol. The summed E-state index contributed by atoms with van der Waals surface area (Å²) in [5.41, 5.74) is 3.50. The number of nitrogens with zero attached hydrogens (tertiary/aromatic N) is 3. The third-order valence-corrected chi connectivity index (χ3v) is 4.35. The summed E-state index contributed by atoms with van der Waals surface area (Å²) in [4.78, 5) is 11.3. The van der Waals surface area contributed by atoms with Gasteiger partial charge in [-0.2, -0.15) is 4.98 Å². The first kappa shape index (κ1) is 15.4. The van der Waals surface area contributed by atoms with Gasteiger partial charge in [-0.15, -0.1) is 0 Å². The summed E-state index contributed by atoms with van der Waals surface area (Å²) < 4.78 is 5.26. The molecule has 126 valence electrons. The Bertz CT molecular complexity index is 881. The van der Waals surface area contributed by atoms with Crippen molar-refractivity contribution in [1.29, 1.82) is 0 Å². The molecule has 1 aliphatic rings. The Morgan fingerprint density at radius 1 is 1.08 bits per heavy atom. The minimum absolute atomic E-state index is 0.578. The predicted molar refractivity (Wildman–Crippen MR) is 100 cm³/mol. The number of hydrogen-bond donors (Lipinski definition) is 1. The second-order valence-electron chi connectivity index (χ2n) is 5.98. The maximum Gasteiger partial charge on any atom is 0.229 e. The molecule has 0 radical (unpaired) electrons. The van der Waals surface area contributed by atoms with Crippen LogP contribution in [0.4, 0.5) is 23.1 Å². The summed E-state index contributed by atoms with van der Waals surface area (Å²) in [5, 5.41) is 3.25. The number of methoxy groups -OCH3 is 1. The fourth-order valence-corrected chi connectivity index (χ4v) is 3.16. The molecule has 25 heavy (non-hydrogen) atoms. The molecule has 2 heterocycles. The molecule has 3 aromatic rings. The number of fused-ring (bicyclic) bond motifs is 1. The molecule has 0 amide bonds. The zero-order chi connectivity index (χ0) is 17.1. The van der Waals surface area contributed by atoms with Gasteiger partial charge in [-0.05, 0) is 42.7 Å². The van der Waals surface area contributed by atoms with Gasteiger partial charge in [0, 0.05) is 30.2 Å².